The largest absolute Gasteiger partial charge is 0.417 e. The zero-order valence-corrected chi connectivity index (χ0v) is 16.1. The smallest absolute Gasteiger partial charge is 0.342 e. The quantitative estimate of drug-likeness (QED) is 0.829. The minimum Gasteiger partial charge on any atom is -0.342 e. The van der Waals surface area contributed by atoms with E-state index in [2.05, 4.69) is 10.1 Å². The molecule has 0 aliphatic carbocycles. The van der Waals surface area contributed by atoms with Crippen LogP contribution >= 0.6 is 0 Å². The number of nitriles is 1. The first-order valence-corrected chi connectivity index (χ1v) is 8.83. The topological polar surface area (TPSA) is 104 Å². The minimum absolute atomic E-state index is 0.0936. The molecule has 0 bridgehead atoms. The summed E-state index contributed by atoms with van der Waals surface area (Å²) in [7, 11) is 3.22. The summed E-state index contributed by atoms with van der Waals surface area (Å²) in [6.07, 6.45) is -2.69. The second-order valence-electron chi connectivity index (χ2n) is 6.95. The van der Waals surface area contributed by atoms with E-state index < -0.39 is 35.3 Å². The predicted molar refractivity (Wildman–Crippen MR) is 99.0 cm³/mol. The summed E-state index contributed by atoms with van der Waals surface area (Å²) in [6.45, 7) is 1.61. The molecule has 154 valence electrons. The monoisotopic (exact) mass is 407 g/mol. The number of nitrogens with zero attached hydrogens (tertiary/aromatic N) is 6. The number of aryl methyl sites for hydroxylation is 2. The number of halogens is 3. The van der Waals surface area contributed by atoms with E-state index >= 15 is 0 Å². The molecule has 0 radical (unpaired) electrons. The second kappa shape index (κ2) is 7.36. The molecule has 1 aliphatic rings. The van der Waals surface area contributed by atoms with Crippen molar-refractivity contribution < 1.29 is 18.0 Å². The van der Waals surface area contributed by atoms with Crippen LogP contribution in [0.1, 0.15) is 23.2 Å². The van der Waals surface area contributed by atoms with Crippen LogP contribution < -0.4 is 15.5 Å². The summed E-state index contributed by atoms with van der Waals surface area (Å²) < 4.78 is 41.9. The van der Waals surface area contributed by atoms with Gasteiger partial charge in [0.25, 0.3) is 5.91 Å². The molecule has 0 spiro atoms. The number of amides is 1. The van der Waals surface area contributed by atoms with Crippen LogP contribution in [0.25, 0.3) is 0 Å². The van der Waals surface area contributed by atoms with Crippen LogP contribution in [0, 0.1) is 18.3 Å². The van der Waals surface area contributed by atoms with Gasteiger partial charge in [-0.2, -0.15) is 23.5 Å². The first-order valence-electron chi connectivity index (χ1n) is 8.83. The molecule has 2 aromatic rings. The van der Waals surface area contributed by atoms with Gasteiger partial charge in [0.05, 0.1) is 5.56 Å². The molecule has 1 amide bonds. The Labute approximate surface area is 165 Å². The van der Waals surface area contributed by atoms with Crippen molar-refractivity contribution in [2.75, 3.05) is 23.4 Å². The SMILES string of the molecule is Cc1cc(C(F)(F)F)c(C#N)c(N2CC[C@@H](N)[C@H]2C(=O)N(C)c2ccn(C)n2)n1. The maximum Gasteiger partial charge on any atom is 0.417 e. The summed E-state index contributed by atoms with van der Waals surface area (Å²) in [5.74, 6) is -0.236. The molecule has 3 heterocycles. The van der Waals surface area contributed by atoms with Gasteiger partial charge in [-0.25, -0.2) is 4.98 Å². The van der Waals surface area contributed by atoms with Gasteiger partial charge in [0.1, 0.15) is 23.5 Å². The standard InChI is InChI=1S/C18H20F3N7O/c1-10-8-12(18(19,20)21)11(9-22)16(24-10)28-7-4-13(23)15(28)17(29)27(3)14-5-6-26(2)25-14/h5-6,8,13,15H,4,7,23H2,1-3H3/t13-,15+/m1/s1. The summed E-state index contributed by atoms with van der Waals surface area (Å²) in [5, 5.41) is 13.6. The highest BCUT2D eigenvalue weighted by Crippen LogP contribution is 2.37. The van der Waals surface area contributed by atoms with E-state index in [0.29, 0.717) is 12.2 Å². The lowest BCUT2D eigenvalue weighted by Gasteiger charge is -2.31. The van der Waals surface area contributed by atoms with E-state index in [9.17, 15) is 23.2 Å². The number of rotatable bonds is 3. The number of anilines is 2. The Morgan fingerprint density at radius 1 is 1.45 bits per heavy atom. The molecular weight excluding hydrogens is 387 g/mol. The third kappa shape index (κ3) is 3.75. The lowest BCUT2D eigenvalue weighted by atomic mass is 10.1. The first-order chi connectivity index (χ1) is 13.5. The van der Waals surface area contributed by atoms with E-state index in [1.807, 2.05) is 0 Å². The Morgan fingerprint density at radius 2 is 2.14 bits per heavy atom. The van der Waals surface area contributed by atoms with Crippen molar-refractivity contribution in [3.8, 4) is 6.07 Å². The van der Waals surface area contributed by atoms with Gasteiger partial charge < -0.3 is 10.6 Å². The zero-order valence-electron chi connectivity index (χ0n) is 16.1. The number of likely N-dealkylation sites (N-methyl/N-ethyl adjacent to an activating group) is 1. The number of aromatic nitrogens is 3. The number of carbonyl (C=O) groups excluding carboxylic acids is 1. The molecule has 1 aliphatic heterocycles. The van der Waals surface area contributed by atoms with Crippen LogP contribution in [0.2, 0.25) is 0 Å². The summed E-state index contributed by atoms with van der Waals surface area (Å²) >= 11 is 0. The van der Waals surface area contributed by atoms with Gasteiger partial charge in [-0.15, -0.1) is 0 Å². The highest BCUT2D eigenvalue weighted by molar-refractivity contribution is 5.99. The number of hydrogen-bond acceptors (Lipinski definition) is 6. The van der Waals surface area contributed by atoms with E-state index in [1.54, 1.807) is 25.4 Å². The number of nitrogens with two attached hydrogens (primary N) is 1. The number of pyridine rings is 1. The Balaban J connectivity index is 2.05. The fourth-order valence-corrected chi connectivity index (χ4v) is 3.46. The minimum atomic E-state index is -4.72. The normalized spacial score (nSPS) is 19.3. The van der Waals surface area contributed by atoms with Crippen molar-refractivity contribution in [1.82, 2.24) is 14.8 Å². The fourth-order valence-electron chi connectivity index (χ4n) is 3.46. The van der Waals surface area contributed by atoms with E-state index in [1.165, 1.54) is 28.5 Å². The lowest BCUT2D eigenvalue weighted by Crippen LogP contribution is -2.52. The molecule has 2 N–H and O–H groups in total. The third-order valence-electron chi connectivity index (χ3n) is 4.89. The van der Waals surface area contributed by atoms with Gasteiger partial charge in [0.2, 0.25) is 0 Å². The van der Waals surface area contributed by atoms with Crippen molar-refractivity contribution in [2.45, 2.75) is 31.6 Å². The molecule has 2 aromatic heterocycles. The maximum atomic E-state index is 13.5. The van der Waals surface area contributed by atoms with Crippen molar-refractivity contribution in [1.29, 1.82) is 5.26 Å². The van der Waals surface area contributed by atoms with Crippen molar-refractivity contribution in [3.05, 3.63) is 35.2 Å². The average molecular weight is 407 g/mol. The van der Waals surface area contributed by atoms with Crippen LogP contribution in [0.3, 0.4) is 0 Å². The molecule has 1 saturated heterocycles. The molecule has 29 heavy (non-hydrogen) atoms. The van der Waals surface area contributed by atoms with Gasteiger partial charge in [0.15, 0.2) is 5.82 Å². The molecule has 8 nitrogen and oxygen atoms in total. The molecule has 0 saturated carbocycles. The van der Waals surface area contributed by atoms with Crippen LogP contribution in [-0.4, -0.2) is 46.3 Å². The van der Waals surface area contributed by atoms with Gasteiger partial charge in [0, 0.05) is 44.6 Å². The van der Waals surface area contributed by atoms with Crippen LogP contribution in [0.5, 0.6) is 0 Å². The molecule has 11 heteroatoms. The van der Waals surface area contributed by atoms with Crippen LogP contribution in [0.4, 0.5) is 24.8 Å². The van der Waals surface area contributed by atoms with E-state index in [-0.39, 0.29) is 18.1 Å². The molecule has 3 rings (SSSR count). The second-order valence-corrected chi connectivity index (χ2v) is 6.95. The zero-order chi connectivity index (χ0) is 21.5. The maximum absolute atomic E-state index is 13.5. The summed E-state index contributed by atoms with van der Waals surface area (Å²) in [6, 6.07) is 2.48. The number of carbonyl (C=O) groups is 1. The summed E-state index contributed by atoms with van der Waals surface area (Å²) in [4.78, 5) is 20.0. The van der Waals surface area contributed by atoms with E-state index in [0.717, 1.165) is 6.07 Å². The molecule has 2 atom stereocenters. The van der Waals surface area contributed by atoms with Crippen molar-refractivity contribution >= 4 is 17.5 Å². The highest BCUT2D eigenvalue weighted by Gasteiger charge is 2.43. The summed E-state index contributed by atoms with van der Waals surface area (Å²) in [5.41, 5.74) is 4.54. The number of hydrogen-bond donors (Lipinski definition) is 1. The molecule has 0 aromatic carbocycles. The van der Waals surface area contributed by atoms with Gasteiger partial charge in [-0.1, -0.05) is 0 Å². The van der Waals surface area contributed by atoms with Crippen molar-refractivity contribution in [3.63, 3.8) is 0 Å². The Bertz CT molecular complexity index is 979. The average Bonchev–Trinajstić information content (AvgIpc) is 3.24. The van der Waals surface area contributed by atoms with Crippen LogP contribution in [-0.2, 0) is 18.0 Å². The molecule has 0 unspecified atom stereocenters. The Morgan fingerprint density at radius 3 is 2.69 bits per heavy atom. The van der Waals surface area contributed by atoms with Gasteiger partial charge >= 0.3 is 6.18 Å². The lowest BCUT2D eigenvalue weighted by molar-refractivity contribution is -0.137. The molecule has 1 fully saturated rings. The fraction of sp³-hybridized carbons (Fsp3) is 0.444. The van der Waals surface area contributed by atoms with E-state index in [4.69, 9.17) is 5.73 Å². The van der Waals surface area contributed by atoms with Gasteiger partial charge in [-0.3, -0.25) is 14.4 Å². The predicted octanol–water partition coefficient (Wildman–Crippen LogP) is 1.58. The third-order valence-corrected chi connectivity index (χ3v) is 4.89. The van der Waals surface area contributed by atoms with Gasteiger partial charge in [-0.05, 0) is 19.4 Å². The molecular formula is C18H20F3N7O. The Hall–Kier alpha value is -3.13. The number of alkyl halides is 3. The Kier molecular flexibility index (Phi) is 5.23. The van der Waals surface area contributed by atoms with Crippen molar-refractivity contribution in [2.24, 2.45) is 12.8 Å². The highest BCUT2D eigenvalue weighted by atomic mass is 19.4. The van der Waals surface area contributed by atoms with Crippen LogP contribution in [0.15, 0.2) is 18.3 Å². The first kappa shape index (κ1) is 20.6.